The first-order valence-corrected chi connectivity index (χ1v) is 30.3. The molecule has 78 heavy (non-hydrogen) atoms. The van der Waals surface area contributed by atoms with Crippen LogP contribution in [-0.2, 0) is 39.8 Å². The highest BCUT2D eigenvalue weighted by molar-refractivity contribution is 7.44. The molecule has 0 aliphatic carbocycles. The number of imidazole rings is 1. The molecule has 18 nitrogen and oxygen atoms in total. The number of nitrogens with zero attached hydrogens (tertiary/aromatic N) is 8. The minimum absolute atomic E-state index is 0.0257. The van der Waals surface area contributed by atoms with Gasteiger partial charge in [0, 0.05) is 26.2 Å². The zero-order chi connectivity index (χ0) is 56.4. The number of carbonyl (C=O) groups is 1. The zero-order valence-electron chi connectivity index (χ0n) is 47.2. The number of methoxy groups -OCH3 is 2. The highest BCUT2D eigenvalue weighted by Crippen LogP contribution is 2.53. The van der Waals surface area contributed by atoms with Crippen molar-refractivity contribution in [1.82, 2.24) is 28.7 Å². The molecule has 6 aromatic rings. The normalized spacial score (nSPS) is 17.5. The molecule has 1 saturated heterocycles. The number of ether oxygens (including phenoxy) is 5. The smallest absolute Gasteiger partial charge is 0.338 e. The molecule has 1 aliphatic rings. The van der Waals surface area contributed by atoms with Crippen molar-refractivity contribution in [2.24, 2.45) is 4.99 Å². The standard InChI is InChI=1S/C58H75N8O10PSi/c1-40(2)66(41(3)4)77(73-35-20-33-59)75-51-50(76-78(12,13)57(5,6)7)48(37-72-58(43-23-18-15-19-24-43,44-25-29-46(69-10)30-26-44)45-27-31-47(70-11)32-28-45)74-54(51)65-39-60-49-52(65)62-56(61-38-63(8)9)64(53(49)67)34-36-71-55(68)42-21-16-14-17-22-42/h14-19,21-32,38-41,48,50-51,54H,20,34-37H2,1-13H3/t48-,50+,51-,54-,77?/m1/s1. The summed E-state index contributed by atoms with van der Waals surface area (Å²) in [6.07, 6.45) is -0.488. The Morgan fingerprint density at radius 3 is 1.97 bits per heavy atom. The van der Waals surface area contributed by atoms with Gasteiger partial charge >= 0.3 is 5.97 Å². The predicted molar refractivity (Wildman–Crippen MR) is 305 cm³/mol. The summed E-state index contributed by atoms with van der Waals surface area (Å²) >= 11 is 0. The van der Waals surface area contributed by atoms with Gasteiger partial charge in [-0.3, -0.25) is 13.9 Å². The van der Waals surface area contributed by atoms with E-state index >= 15 is 0 Å². The van der Waals surface area contributed by atoms with Crippen LogP contribution in [0.2, 0.25) is 18.1 Å². The summed E-state index contributed by atoms with van der Waals surface area (Å²) in [5.41, 5.74) is 1.33. The van der Waals surface area contributed by atoms with Crippen molar-refractivity contribution in [3.63, 3.8) is 0 Å². The molecule has 0 amide bonds. The van der Waals surface area contributed by atoms with Gasteiger partial charge in [-0.2, -0.15) is 10.2 Å². The Morgan fingerprint density at radius 1 is 0.859 bits per heavy atom. The summed E-state index contributed by atoms with van der Waals surface area (Å²) in [7, 11) is 2.23. The Balaban J connectivity index is 1.42. The first-order chi connectivity index (χ1) is 37.2. The van der Waals surface area contributed by atoms with Crippen LogP contribution in [0.25, 0.3) is 11.2 Å². The molecule has 7 rings (SSSR count). The van der Waals surface area contributed by atoms with Crippen molar-refractivity contribution in [2.45, 2.75) is 122 Å². The molecular formula is C58H75N8O10PSi. The lowest BCUT2D eigenvalue weighted by Gasteiger charge is -2.43. The van der Waals surface area contributed by atoms with Gasteiger partial charge in [-0.1, -0.05) is 93.6 Å². The second-order valence-electron chi connectivity index (χ2n) is 21.2. The second kappa shape index (κ2) is 26.1. The number of aromatic nitrogens is 4. The van der Waals surface area contributed by atoms with Crippen molar-refractivity contribution in [1.29, 1.82) is 5.26 Å². The van der Waals surface area contributed by atoms with Crippen molar-refractivity contribution < 1.29 is 42.0 Å². The molecule has 416 valence electrons. The van der Waals surface area contributed by atoms with E-state index in [1.807, 2.05) is 84.9 Å². The molecule has 2 aromatic heterocycles. The van der Waals surface area contributed by atoms with Crippen LogP contribution in [0, 0.1) is 11.3 Å². The van der Waals surface area contributed by atoms with E-state index < -0.39 is 58.5 Å². The van der Waals surface area contributed by atoms with E-state index in [1.165, 1.54) is 17.2 Å². The number of nitriles is 1. The van der Waals surface area contributed by atoms with Gasteiger partial charge in [0.2, 0.25) is 5.95 Å². The van der Waals surface area contributed by atoms with Gasteiger partial charge in [0.15, 0.2) is 25.7 Å². The zero-order valence-corrected chi connectivity index (χ0v) is 49.0. The number of aliphatic imine (C=N–C) groups is 1. The first-order valence-electron chi connectivity index (χ1n) is 26.2. The topological polar surface area (TPSA) is 186 Å². The summed E-state index contributed by atoms with van der Waals surface area (Å²) < 4.78 is 58.8. The molecule has 0 radical (unpaired) electrons. The number of rotatable bonds is 25. The minimum Gasteiger partial charge on any atom is -0.497 e. The van der Waals surface area contributed by atoms with Gasteiger partial charge in [-0.25, -0.2) is 19.4 Å². The minimum atomic E-state index is -2.74. The molecule has 1 fully saturated rings. The van der Waals surface area contributed by atoms with Gasteiger partial charge in [-0.05, 0) is 98.9 Å². The average molecular weight is 1100 g/mol. The largest absolute Gasteiger partial charge is 0.497 e. The highest BCUT2D eigenvalue weighted by Gasteiger charge is 2.54. The summed E-state index contributed by atoms with van der Waals surface area (Å²) in [6.45, 7) is 19.1. The summed E-state index contributed by atoms with van der Waals surface area (Å²) in [5.74, 6) is 0.875. The van der Waals surface area contributed by atoms with E-state index in [4.69, 9.17) is 47.1 Å². The molecule has 20 heteroatoms. The van der Waals surface area contributed by atoms with Crippen LogP contribution in [0.1, 0.15) is 88.2 Å². The average Bonchev–Trinajstić information content (AvgIpc) is 4.04. The Morgan fingerprint density at radius 2 is 1.44 bits per heavy atom. The lowest BCUT2D eigenvalue weighted by molar-refractivity contribution is -0.0928. The first kappa shape index (κ1) is 59.3. The monoisotopic (exact) mass is 1100 g/mol. The van der Waals surface area contributed by atoms with Gasteiger partial charge in [0.1, 0.15) is 42.0 Å². The fourth-order valence-electron chi connectivity index (χ4n) is 9.05. The van der Waals surface area contributed by atoms with Crippen LogP contribution in [0.4, 0.5) is 5.95 Å². The Bertz CT molecular complexity index is 2980. The van der Waals surface area contributed by atoms with Crippen LogP contribution in [0.15, 0.2) is 125 Å². The molecular weight excluding hydrogens is 1030 g/mol. The van der Waals surface area contributed by atoms with Gasteiger partial charge in [-0.15, -0.1) is 0 Å². The van der Waals surface area contributed by atoms with Gasteiger partial charge in [0.25, 0.3) is 14.1 Å². The molecule has 4 aromatic carbocycles. The second-order valence-corrected chi connectivity index (χ2v) is 27.4. The summed E-state index contributed by atoms with van der Waals surface area (Å²) in [6, 6.07) is 36.5. The van der Waals surface area contributed by atoms with E-state index in [-0.39, 0.29) is 67.0 Å². The Kier molecular flexibility index (Phi) is 19.8. The Hall–Kier alpha value is -6.33. The SMILES string of the molecule is COc1ccc(C(OC[C@H]2O[C@@H](n3cnc4c(=O)n(CCOC(=O)c5ccccc5)c(N=CN(C)C)nc43)[C@H](OP(OCCC#N)N(C(C)C)C(C)C)[C@H]2O[Si](C)(C)C(C)(C)C)(c2ccccc2)c2ccc(OC)cc2)cc1. The maximum absolute atomic E-state index is 14.8. The van der Waals surface area contributed by atoms with Crippen molar-refractivity contribution >= 4 is 46.3 Å². The number of esters is 1. The fraction of sp³-hybridized carbons (Fsp3) is 0.448. The Labute approximate surface area is 460 Å². The number of hydrogen-bond acceptors (Lipinski definition) is 15. The van der Waals surface area contributed by atoms with Crippen LogP contribution < -0.4 is 15.0 Å². The number of hydrogen-bond donors (Lipinski definition) is 0. The number of fused-ring (bicyclic) bond motifs is 1. The van der Waals surface area contributed by atoms with Crippen molar-refractivity contribution in [2.75, 3.05) is 48.1 Å². The summed E-state index contributed by atoms with van der Waals surface area (Å²) in [5, 5.41) is 9.45. The third-order valence-electron chi connectivity index (χ3n) is 13.9. The molecule has 1 aliphatic heterocycles. The van der Waals surface area contributed by atoms with E-state index in [0.29, 0.717) is 17.1 Å². The van der Waals surface area contributed by atoms with Crippen molar-refractivity contribution in [3.05, 3.63) is 148 Å². The molecule has 1 unspecified atom stereocenters. The predicted octanol–water partition coefficient (Wildman–Crippen LogP) is 10.6. The third kappa shape index (κ3) is 13.4. The maximum atomic E-state index is 14.8. The van der Waals surface area contributed by atoms with Crippen LogP contribution in [-0.4, -0.2) is 128 Å². The molecule has 0 saturated carbocycles. The molecule has 0 spiro atoms. The van der Waals surface area contributed by atoms with Crippen LogP contribution in [0.3, 0.4) is 0 Å². The van der Waals surface area contributed by atoms with E-state index in [9.17, 15) is 14.9 Å². The van der Waals surface area contributed by atoms with Gasteiger partial charge < -0.3 is 42.1 Å². The fourth-order valence-corrected chi connectivity index (χ4v) is 12.1. The van der Waals surface area contributed by atoms with E-state index in [1.54, 1.807) is 62.0 Å². The third-order valence-corrected chi connectivity index (χ3v) is 20.5. The molecule has 3 heterocycles. The van der Waals surface area contributed by atoms with Gasteiger partial charge in [0.05, 0.1) is 64.7 Å². The number of benzene rings is 4. The quantitative estimate of drug-likeness (QED) is 0.0100. The van der Waals surface area contributed by atoms with E-state index in [2.05, 4.69) is 77.3 Å². The lowest BCUT2D eigenvalue weighted by atomic mass is 9.80. The van der Waals surface area contributed by atoms with E-state index in [0.717, 1.165) is 16.7 Å². The molecule has 0 N–H and O–H groups in total. The lowest BCUT2D eigenvalue weighted by Crippen LogP contribution is -2.51. The van der Waals surface area contributed by atoms with Crippen LogP contribution >= 0.6 is 8.53 Å². The van der Waals surface area contributed by atoms with Crippen LogP contribution in [0.5, 0.6) is 11.5 Å². The molecule has 0 bridgehead atoms. The maximum Gasteiger partial charge on any atom is 0.338 e. The van der Waals surface area contributed by atoms with Crippen molar-refractivity contribution in [3.8, 4) is 17.6 Å². The highest BCUT2D eigenvalue weighted by atomic mass is 31.2. The molecule has 5 atom stereocenters. The number of carbonyl (C=O) groups excluding carboxylic acids is 1. The summed E-state index contributed by atoms with van der Waals surface area (Å²) in [4.78, 5) is 43.9.